The molecular formula is C16H15BFNO5. The first-order valence-corrected chi connectivity index (χ1v) is 7.19. The summed E-state index contributed by atoms with van der Waals surface area (Å²) in [6, 6.07) is 7.35. The van der Waals surface area contributed by atoms with Crippen molar-refractivity contribution < 1.29 is 28.3 Å². The number of amides is 1. The van der Waals surface area contributed by atoms with Gasteiger partial charge < -0.3 is 24.5 Å². The largest absolute Gasteiger partial charge is 0.497 e. The Labute approximate surface area is 138 Å². The molecule has 0 aliphatic carbocycles. The van der Waals surface area contributed by atoms with E-state index in [9.17, 15) is 14.2 Å². The van der Waals surface area contributed by atoms with Gasteiger partial charge in [-0.2, -0.15) is 0 Å². The normalized spacial score (nSPS) is 12.8. The maximum Gasteiger partial charge on any atom is 0.491 e. The molecule has 2 aromatic rings. The Morgan fingerprint density at radius 2 is 2.08 bits per heavy atom. The Morgan fingerprint density at radius 1 is 1.29 bits per heavy atom. The summed E-state index contributed by atoms with van der Waals surface area (Å²) in [5, 5.41) is 12.3. The second-order valence-electron chi connectivity index (χ2n) is 5.21. The summed E-state index contributed by atoms with van der Waals surface area (Å²) in [6.07, 6.45) is 0. The van der Waals surface area contributed by atoms with Crippen LogP contribution < -0.4 is 20.3 Å². The van der Waals surface area contributed by atoms with E-state index in [-0.39, 0.29) is 12.2 Å². The first kappa shape index (κ1) is 16.3. The highest BCUT2D eigenvalue weighted by Gasteiger charge is 2.30. The topological polar surface area (TPSA) is 77.0 Å². The summed E-state index contributed by atoms with van der Waals surface area (Å²) in [5.74, 6) is -0.393. The molecule has 2 N–H and O–H groups in total. The van der Waals surface area contributed by atoms with E-state index in [0.29, 0.717) is 28.2 Å². The van der Waals surface area contributed by atoms with Crippen molar-refractivity contribution in [3.8, 4) is 11.5 Å². The molecule has 1 heterocycles. The van der Waals surface area contributed by atoms with Crippen molar-refractivity contribution >= 4 is 24.2 Å². The van der Waals surface area contributed by atoms with Crippen molar-refractivity contribution in [1.82, 2.24) is 0 Å². The molecule has 124 valence electrons. The van der Waals surface area contributed by atoms with Crippen molar-refractivity contribution in [2.45, 2.75) is 6.61 Å². The number of hydrogen-bond donors (Lipinski definition) is 2. The van der Waals surface area contributed by atoms with E-state index in [2.05, 4.69) is 5.32 Å². The average Bonchev–Trinajstić information content (AvgIpc) is 2.94. The van der Waals surface area contributed by atoms with Gasteiger partial charge in [-0.15, -0.1) is 0 Å². The Morgan fingerprint density at radius 3 is 2.79 bits per heavy atom. The lowest BCUT2D eigenvalue weighted by atomic mass is 9.78. The zero-order valence-electron chi connectivity index (χ0n) is 13.1. The SMILES string of the molecule is COc1ccc(NC(=O)c2cc3c(cc2F)COB3O)c(OC)c1. The third-order valence-electron chi connectivity index (χ3n) is 3.79. The molecule has 0 unspecified atom stereocenters. The number of anilines is 1. The number of fused-ring (bicyclic) bond motifs is 1. The van der Waals surface area contributed by atoms with Gasteiger partial charge in [0.25, 0.3) is 5.91 Å². The summed E-state index contributed by atoms with van der Waals surface area (Å²) < 4.78 is 29.5. The molecule has 2 aromatic carbocycles. The molecule has 24 heavy (non-hydrogen) atoms. The number of halogens is 1. The standard InChI is InChI=1S/C16H15BFNO5/c1-22-10-3-4-14(15(6-10)23-2)19-16(20)11-7-12-9(5-13(11)18)8-24-17(12)21/h3-7,21H,8H2,1-2H3,(H,19,20). The lowest BCUT2D eigenvalue weighted by Gasteiger charge is -2.12. The predicted octanol–water partition coefficient (Wildman–Crippen LogP) is 1.31. The molecule has 1 aliphatic heterocycles. The average molecular weight is 331 g/mol. The van der Waals surface area contributed by atoms with E-state index in [0.717, 1.165) is 0 Å². The number of methoxy groups -OCH3 is 2. The third kappa shape index (κ3) is 2.93. The first-order chi connectivity index (χ1) is 11.5. The minimum atomic E-state index is -1.15. The predicted molar refractivity (Wildman–Crippen MR) is 86.3 cm³/mol. The zero-order chi connectivity index (χ0) is 17.3. The number of benzene rings is 2. The summed E-state index contributed by atoms with van der Waals surface area (Å²) in [4.78, 5) is 12.4. The smallest absolute Gasteiger partial charge is 0.491 e. The first-order valence-electron chi connectivity index (χ1n) is 7.19. The zero-order valence-corrected chi connectivity index (χ0v) is 13.1. The maximum absolute atomic E-state index is 14.2. The highest BCUT2D eigenvalue weighted by molar-refractivity contribution is 6.61. The Bertz CT molecular complexity index is 798. The fraction of sp³-hybridized carbons (Fsp3) is 0.188. The number of ether oxygens (including phenoxy) is 2. The number of carbonyl (C=O) groups is 1. The number of rotatable bonds is 4. The fourth-order valence-corrected chi connectivity index (χ4v) is 2.51. The van der Waals surface area contributed by atoms with Crippen LogP contribution in [0.25, 0.3) is 0 Å². The highest BCUT2D eigenvalue weighted by Crippen LogP contribution is 2.29. The summed E-state index contributed by atoms with van der Waals surface area (Å²) in [6.45, 7) is 0.113. The Kier molecular flexibility index (Phi) is 4.41. The van der Waals surface area contributed by atoms with E-state index in [1.54, 1.807) is 18.2 Å². The lowest BCUT2D eigenvalue weighted by molar-refractivity contribution is 0.102. The van der Waals surface area contributed by atoms with E-state index < -0.39 is 18.8 Å². The summed E-state index contributed by atoms with van der Waals surface area (Å²) in [7, 11) is 1.82. The molecule has 0 saturated carbocycles. The second-order valence-corrected chi connectivity index (χ2v) is 5.21. The number of carbonyl (C=O) groups excluding carboxylic acids is 1. The molecule has 1 aliphatic rings. The van der Waals surface area contributed by atoms with Crippen LogP contribution in [-0.2, 0) is 11.3 Å². The fourth-order valence-electron chi connectivity index (χ4n) is 2.51. The number of nitrogens with one attached hydrogen (secondary N) is 1. The van der Waals surface area contributed by atoms with Crippen LogP contribution in [0.4, 0.5) is 10.1 Å². The molecule has 0 atom stereocenters. The third-order valence-corrected chi connectivity index (χ3v) is 3.79. The van der Waals surface area contributed by atoms with E-state index in [1.807, 2.05) is 0 Å². The van der Waals surface area contributed by atoms with Crippen LogP contribution >= 0.6 is 0 Å². The van der Waals surface area contributed by atoms with Crippen molar-refractivity contribution in [3.63, 3.8) is 0 Å². The van der Waals surface area contributed by atoms with Gasteiger partial charge in [0, 0.05) is 6.07 Å². The minimum absolute atomic E-state index is 0.113. The van der Waals surface area contributed by atoms with Crippen molar-refractivity contribution in [2.75, 3.05) is 19.5 Å². The van der Waals surface area contributed by atoms with Gasteiger partial charge in [-0.05, 0) is 35.3 Å². The van der Waals surface area contributed by atoms with Crippen LogP contribution in [0.3, 0.4) is 0 Å². The van der Waals surface area contributed by atoms with Crippen LogP contribution in [0.2, 0.25) is 0 Å². The van der Waals surface area contributed by atoms with Gasteiger partial charge in [-0.1, -0.05) is 0 Å². The van der Waals surface area contributed by atoms with Crippen molar-refractivity contribution in [3.05, 3.63) is 47.3 Å². The Balaban J connectivity index is 1.90. The molecule has 0 saturated heterocycles. The van der Waals surface area contributed by atoms with E-state index in [4.69, 9.17) is 14.1 Å². The Hall–Kier alpha value is -2.58. The summed E-state index contributed by atoms with van der Waals surface area (Å²) in [5.41, 5.74) is 1.11. The van der Waals surface area contributed by atoms with Crippen molar-refractivity contribution in [2.24, 2.45) is 0 Å². The van der Waals surface area contributed by atoms with Gasteiger partial charge in [0.15, 0.2) is 0 Å². The van der Waals surface area contributed by atoms with Gasteiger partial charge in [0.05, 0.1) is 32.1 Å². The van der Waals surface area contributed by atoms with Gasteiger partial charge in [0.2, 0.25) is 0 Å². The van der Waals surface area contributed by atoms with Crippen LogP contribution in [0.15, 0.2) is 30.3 Å². The number of hydrogen-bond acceptors (Lipinski definition) is 5. The van der Waals surface area contributed by atoms with Gasteiger partial charge >= 0.3 is 7.12 Å². The van der Waals surface area contributed by atoms with E-state index in [1.165, 1.54) is 26.4 Å². The molecule has 0 bridgehead atoms. The second kappa shape index (κ2) is 6.50. The minimum Gasteiger partial charge on any atom is -0.497 e. The molecule has 1 amide bonds. The van der Waals surface area contributed by atoms with Crippen LogP contribution in [0.1, 0.15) is 15.9 Å². The molecule has 0 fully saturated rings. The maximum atomic E-state index is 14.2. The van der Waals surface area contributed by atoms with Crippen LogP contribution in [0, 0.1) is 5.82 Å². The quantitative estimate of drug-likeness (QED) is 0.826. The molecule has 0 radical (unpaired) electrons. The molecule has 6 nitrogen and oxygen atoms in total. The highest BCUT2D eigenvalue weighted by atomic mass is 19.1. The van der Waals surface area contributed by atoms with Gasteiger partial charge in [0.1, 0.15) is 17.3 Å². The molecule has 0 spiro atoms. The van der Waals surface area contributed by atoms with Gasteiger partial charge in [-0.3, -0.25) is 4.79 Å². The van der Waals surface area contributed by atoms with E-state index >= 15 is 0 Å². The van der Waals surface area contributed by atoms with Crippen LogP contribution in [0.5, 0.6) is 11.5 Å². The molecule has 0 aromatic heterocycles. The van der Waals surface area contributed by atoms with Crippen LogP contribution in [-0.4, -0.2) is 32.3 Å². The molecular weight excluding hydrogens is 316 g/mol. The monoisotopic (exact) mass is 331 g/mol. The lowest BCUT2D eigenvalue weighted by Crippen LogP contribution is -2.30. The molecule has 8 heteroatoms. The summed E-state index contributed by atoms with van der Waals surface area (Å²) >= 11 is 0. The van der Waals surface area contributed by atoms with Crippen molar-refractivity contribution in [1.29, 1.82) is 0 Å². The molecule has 3 rings (SSSR count). The van der Waals surface area contributed by atoms with Gasteiger partial charge in [-0.25, -0.2) is 4.39 Å².